The van der Waals surface area contributed by atoms with Crippen molar-refractivity contribution >= 4 is 11.6 Å². The fourth-order valence-electron chi connectivity index (χ4n) is 2.07. The van der Waals surface area contributed by atoms with Crippen LogP contribution in [0, 0.1) is 6.92 Å². The van der Waals surface area contributed by atoms with Crippen LogP contribution in [-0.4, -0.2) is 22.3 Å². The van der Waals surface area contributed by atoms with E-state index in [-0.39, 0.29) is 22.9 Å². The third-order valence-electron chi connectivity index (χ3n) is 3.14. The van der Waals surface area contributed by atoms with Crippen LogP contribution in [0.15, 0.2) is 9.59 Å². The third kappa shape index (κ3) is 2.17. The van der Waals surface area contributed by atoms with Crippen LogP contribution in [0.25, 0.3) is 0 Å². The number of aromatic amines is 1. The second-order valence-corrected chi connectivity index (χ2v) is 4.62. The molecule has 5 nitrogen and oxygen atoms in total. The van der Waals surface area contributed by atoms with Crippen LogP contribution < -0.4 is 11.2 Å². The number of H-pyrrole nitrogens is 1. The molecule has 1 aliphatic carbocycles. The van der Waals surface area contributed by atoms with Crippen LogP contribution >= 0.6 is 11.6 Å². The summed E-state index contributed by atoms with van der Waals surface area (Å²) in [6.07, 6.45) is 1.57. The fourth-order valence-corrected chi connectivity index (χ4v) is 2.23. The Morgan fingerprint density at radius 3 is 2.71 bits per heavy atom. The summed E-state index contributed by atoms with van der Waals surface area (Å²) < 4.78 is 6.66. The van der Waals surface area contributed by atoms with Gasteiger partial charge in [0.15, 0.2) is 0 Å². The number of halogens is 1. The molecule has 0 atom stereocenters. The molecule has 0 unspecified atom stereocenters. The van der Waals surface area contributed by atoms with Crippen LogP contribution in [0.4, 0.5) is 0 Å². The minimum absolute atomic E-state index is 0.0706. The van der Waals surface area contributed by atoms with Crippen molar-refractivity contribution in [3.05, 3.63) is 31.6 Å². The highest BCUT2D eigenvalue weighted by atomic mass is 35.5. The average Bonchev–Trinajstić information content (AvgIpc) is 2.22. The molecule has 1 aromatic rings. The van der Waals surface area contributed by atoms with Gasteiger partial charge in [0.05, 0.1) is 6.10 Å². The van der Waals surface area contributed by atoms with Gasteiger partial charge in [-0.2, -0.15) is 0 Å². The van der Waals surface area contributed by atoms with Gasteiger partial charge in [0, 0.05) is 18.2 Å². The second kappa shape index (κ2) is 4.66. The summed E-state index contributed by atoms with van der Waals surface area (Å²) in [6, 6.07) is -0.0706. The van der Waals surface area contributed by atoms with Gasteiger partial charge in [-0.25, -0.2) is 4.79 Å². The minimum Gasteiger partial charge on any atom is -0.378 e. The first kappa shape index (κ1) is 12.4. The smallest absolute Gasteiger partial charge is 0.329 e. The van der Waals surface area contributed by atoms with Gasteiger partial charge in [0.25, 0.3) is 5.56 Å². The summed E-state index contributed by atoms with van der Waals surface area (Å²) in [5.74, 6) is 0. The van der Waals surface area contributed by atoms with E-state index in [2.05, 4.69) is 4.98 Å². The van der Waals surface area contributed by atoms with Gasteiger partial charge >= 0.3 is 5.69 Å². The number of aromatic nitrogens is 2. The number of nitrogens with one attached hydrogen (secondary N) is 1. The summed E-state index contributed by atoms with van der Waals surface area (Å²) >= 11 is 5.74. The Morgan fingerprint density at radius 1 is 1.47 bits per heavy atom. The van der Waals surface area contributed by atoms with Crippen molar-refractivity contribution in [3.8, 4) is 0 Å². The molecule has 2 rings (SSSR count). The Hall–Kier alpha value is -1.07. The van der Waals surface area contributed by atoms with Crippen molar-refractivity contribution in [1.29, 1.82) is 0 Å². The predicted molar refractivity (Wildman–Crippen MR) is 64.8 cm³/mol. The molecule has 1 saturated carbocycles. The van der Waals surface area contributed by atoms with E-state index in [1.54, 1.807) is 6.92 Å². The number of ether oxygens (including phenoxy) is 1. The molecule has 1 aromatic heterocycles. The largest absolute Gasteiger partial charge is 0.378 e. The van der Waals surface area contributed by atoms with Crippen molar-refractivity contribution in [3.63, 3.8) is 0 Å². The minimum atomic E-state index is -0.439. The molecule has 1 fully saturated rings. The van der Waals surface area contributed by atoms with E-state index in [9.17, 15) is 9.59 Å². The number of hydrogen-bond donors (Lipinski definition) is 1. The summed E-state index contributed by atoms with van der Waals surface area (Å²) in [6.45, 7) is 4.19. The maximum absolute atomic E-state index is 11.9. The van der Waals surface area contributed by atoms with Gasteiger partial charge in [0.2, 0.25) is 0 Å². The number of nitrogens with zero attached hydrogens (tertiary/aromatic N) is 1. The van der Waals surface area contributed by atoms with Crippen LogP contribution in [0.5, 0.6) is 0 Å². The normalized spacial score (nSPS) is 23.5. The van der Waals surface area contributed by atoms with E-state index in [1.165, 1.54) is 4.57 Å². The summed E-state index contributed by atoms with van der Waals surface area (Å²) in [5, 5.41) is 0.122. The molecule has 1 aliphatic rings. The summed E-state index contributed by atoms with van der Waals surface area (Å²) in [4.78, 5) is 26.1. The zero-order valence-electron chi connectivity index (χ0n) is 9.83. The van der Waals surface area contributed by atoms with E-state index in [4.69, 9.17) is 16.3 Å². The van der Waals surface area contributed by atoms with E-state index in [1.807, 2.05) is 6.92 Å². The van der Waals surface area contributed by atoms with Gasteiger partial charge in [-0.1, -0.05) is 11.6 Å². The quantitative estimate of drug-likeness (QED) is 0.830. The highest BCUT2D eigenvalue weighted by molar-refractivity contribution is 6.30. The molecule has 6 heteroatoms. The molecule has 94 valence electrons. The van der Waals surface area contributed by atoms with Crippen LogP contribution in [0.2, 0.25) is 5.15 Å². The van der Waals surface area contributed by atoms with Gasteiger partial charge in [-0.15, -0.1) is 0 Å². The van der Waals surface area contributed by atoms with Gasteiger partial charge in [-0.3, -0.25) is 14.3 Å². The van der Waals surface area contributed by atoms with Gasteiger partial charge in [-0.05, 0) is 26.7 Å². The van der Waals surface area contributed by atoms with E-state index < -0.39 is 5.69 Å². The molecule has 1 heterocycles. The Balaban J connectivity index is 2.27. The monoisotopic (exact) mass is 258 g/mol. The lowest BCUT2D eigenvalue weighted by atomic mass is 9.89. The molecule has 1 N–H and O–H groups in total. The molecule has 0 spiro atoms. The second-order valence-electron chi connectivity index (χ2n) is 4.25. The Kier molecular flexibility index (Phi) is 3.40. The van der Waals surface area contributed by atoms with Crippen LogP contribution in [-0.2, 0) is 4.74 Å². The first-order valence-corrected chi connectivity index (χ1v) is 6.05. The van der Waals surface area contributed by atoms with Crippen molar-refractivity contribution in [2.24, 2.45) is 0 Å². The fraction of sp³-hybridized carbons (Fsp3) is 0.636. The van der Waals surface area contributed by atoms with Gasteiger partial charge < -0.3 is 4.74 Å². The molecule has 0 amide bonds. The maximum Gasteiger partial charge on any atom is 0.329 e. The average molecular weight is 259 g/mol. The van der Waals surface area contributed by atoms with Crippen molar-refractivity contribution in [2.75, 3.05) is 6.61 Å². The summed E-state index contributed by atoms with van der Waals surface area (Å²) in [7, 11) is 0. The molecule has 0 radical (unpaired) electrons. The Morgan fingerprint density at radius 2 is 2.12 bits per heavy atom. The topological polar surface area (TPSA) is 64.1 Å². The highest BCUT2D eigenvalue weighted by Crippen LogP contribution is 2.32. The third-order valence-corrected chi connectivity index (χ3v) is 3.52. The molecular weight excluding hydrogens is 244 g/mol. The summed E-state index contributed by atoms with van der Waals surface area (Å²) in [5.41, 5.74) is -0.365. The number of rotatable bonds is 3. The highest BCUT2D eigenvalue weighted by Gasteiger charge is 2.33. The lowest BCUT2D eigenvalue weighted by molar-refractivity contribution is -0.0216. The predicted octanol–water partition coefficient (Wildman–Crippen LogP) is 1.24. The van der Waals surface area contributed by atoms with Crippen LogP contribution in [0.1, 0.15) is 31.4 Å². The molecule has 0 bridgehead atoms. The lowest BCUT2D eigenvalue weighted by Crippen LogP contribution is -2.46. The Labute approximate surface area is 103 Å². The molecule has 0 aromatic carbocycles. The zero-order chi connectivity index (χ0) is 12.6. The molecular formula is C11H15ClN2O3. The van der Waals surface area contributed by atoms with Gasteiger partial charge in [0.1, 0.15) is 5.15 Å². The van der Waals surface area contributed by atoms with E-state index >= 15 is 0 Å². The van der Waals surface area contributed by atoms with Crippen molar-refractivity contribution < 1.29 is 4.74 Å². The van der Waals surface area contributed by atoms with Crippen molar-refractivity contribution in [2.45, 2.75) is 38.8 Å². The number of hydrogen-bond acceptors (Lipinski definition) is 3. The first-order valence-electron chi connectivity index (χ1n) is 5.67. The SMILES string of the molecule is CCOC1CC(n2c(=O)[nH]c(Cl)c(C)c2=O)C1. The lowest BCUT2D eigenvalue weighted by Gasteiger charge is -2.35. The standard InChI is InChI=1S/C11H15ClN2O3/c1-3-17-8-4-7(5-8)14-10(15)6(2)9(12)13-11(14)16/h7-8H,3-5H2,1-2H3,(H,13,16). The van der Waals surface area contributed by atoms with E-state index in [0.29, 0.717) is 25.0 Å². The molecule has 0 saturated heterocycles. The first-order chi connectivity index (χ1) is 8.04. The van der Waals surface area contributed by atoms with E-state index in [0.717, 1.165) is 0 Å². The molecule has 17 heavy (non-hydrogen) atoms. The molecule has 0 aliphatic heterocycles. The van der Waals surface area contributed by atoms with Crippen molar-refractivity contribution in [1.82, 2.24) is 9.55 Å². The Bertz CT molecular complexity index is 528. The van der Waals surface area contributed by atoms with Crippen LogP contribution in [0.3, 0.4) is 0 Å². The zero-order valence-corrected chi connectivity index (χ0v) is 10.6. The maximum atomic E-state index is 11.9.